The highest BCUT2D eigenvalue weighted by Gasteiger charge is 2.27. The minimum Gasteiger partial charge on any atom is -0.395 e. The smallest absolute Gasteiger partial charge is 0.274 e. The molecule has 18 heavy (non-hydrogen) atoms. The highest BCUT2D eigenvalue weighted by atomic mass is 16.2. The summed E-state index contributed by atoms with van der Waals surface area (Å²) in [4.78, 5) is 12.1. The number of amides is 1. The molecule has 1 heterocycles. The van der Waals surface area contributed by atoms with Crippen LogP contribution in [-0.2, 0) is 0 Å². The van der Waals surface area contributed by atoms with Crippen LogP contribution in [0.25, 0.3) is 0 Å². The van der Waals surface area contributed by atoms with Crippen LogP contribution in [0.5, 0.6) is 0 Å². The molecule has 100 valence electrons. The van der Waals surface area contributed by atoms with Crippen molar-refractivity contribution in [2.24, 2.45) is 11.8 Å². The number of carbonyl (C=O) groups is 1. The second-order valence-corrected chi connectivity index (χ2v) is 5.55. The first-order valence-electron chi connectivity index (χ1n) is 6.60. The fraction of sp³-hybridized carbons (Fsp3) is 0.692. The second-order valence-electron chi connectivity index (χ2n) is 5.55. The minimum atomic E-state index is -0.163. The minimum absolute atomic E-state index is 0.163. The van der Waals surface area contributed by atoms with Gasteiger partial charge in [-0.05, 0) is 38.0 Å². The molecule has 4 N–H and O–H groups in total. The van der Waals surface area contributed by atoms with Gasteiger partial charge in [-0.15, -0.1) is 0 Å². The summed E-state index contributed by atoms with van der Waals surface area (Å²) in [5.74, 6) is 1.24. The molecule has 5 heteroatoms. The van der Waals surface area contributed by atoms with Crippen LogP contribution in [0.4, 0.5) is 5.69 Å². The lowest BCUT2D eigenvalue weighted by Crippen LogP contribution is -2.40. The standard InChI is InChI=1S/C13H22N4O/c1-7-4-5-10(6-8(7)2)15-13(18)12-11(14)9(3)16-17-12/h7-8,10H,4-6,14H2,1-3H3,(H,15,18)(H,16,17). The number of aromatic nitrogens is 2. The molecule has 1 aromatic heterocycles. The van der Waals surface area contributed by atoms with Gasteiger partial charge < -0.3 is 11.1 Å². The quantitative estimate of drug-likeness (QED) is 0.749. The fourth-order valence-corrected chi connectivity index (χ4v) is 2.54. The first-order chi connectivity index (χ1) is 8.49. The summed E-state index contributed by atoms with van der Waals surface area (Å²) < 4.78 is 0. The zero-order valence-corrected chi connectivity index (χ0v) is 11.3. The number of nitrogens with zero attached hydrogens (tertiary/aromatic N) is 1. The Bertz CT molecular complexity index is 440. The lowest BCUT2D eigenvalue weighted by molar-refractivity contribution is 0.0906. The third-order valence-corrected chi connectivity index (χ3v) is 4.14. The molecule has 1 amide bonds. The van der Waals surface area contributed by atoms with Gasteiger partial charge in [-0.3, -0.25) is 9.89 Å². The van der Waals surface area contributed by atoms with E-state index in [1.165, 1.54) is 6.42 Å². The van der Waals surface area contributed by atoms with Crippen molar-refractivity contribution in [3.63, 3.8) is 0 Å². The van der Waals surface area contributed by atoms with Gasteiger partial charge in [-0.25, -0.2) is 0 Å². The molecule has 1 fully saturated rings. The highest BCUT2D eigenvalue weighted by Crippen LogP contribution is 2.29. The maximum absolute atomic E-state index is 12.1. The molecule has 3 unspecified atom stereocenters. The molecule has 0 aliphatic heterocycles. The van der Waals surface area contributed by atoms with Gasteiger partial charge in [0.1, 0.15) is 0 Å². The van der Waals surface area contributed by atoms with E-state index in [9.17, 15) is 4.79 Å². The van der Waals surface area contributed by atoms with Crippen LogP contribution >= 0.6 is 0 Å². The Morgan fingerprint density at radius 3 is 2.67 bits per heavy atom. The zero-order valence-electron chi connectivity index (χ0n) is 11.3. The van der Waals surface area contributed by atoms with E-state index in [-0.39, 0.29) is 11.9 Å². The van der Waals surface area contributed by atoms with Gasteiger partial charge in [0.15, 0.2) is 5.69 Å². The molecule has 0 radical (unpaired) electrons. The number of carbonyl (C=O) groups excluding carboxylic acids is 1. The van der Waals surface area contributed by atoms with Gasteiger partial charge in [-0.2, -0.15) is 5.10 Å². The lowest BCUT2D eigenvalue weighted by Gasteiger charge is -2.32. The lowest BCUT2D eigenvalue weighted by atomic mass is 9.79. The van der Waals surface area contributed by atoms with Crippen LogP contribution in [-0.4, -0.2) is 22.1 Å². The summed E-state index contributed by atoms with van der Waals surface area (Å²) in [6, 6.07) is 0.250. The molecule has 0 saturated heterocycles. The summed E-state index contributed by atoms with van der Waals surface area (Å²) in [7, 11) is 0. The molecular weight excluding hydrogens is 228 g/mol. The predicted octanol–water partition coefficient (Wildman–Crippen LogP) is 1.85. The average molecular weight is 250 g/mol. The first kappa shape index (κ1) is 12.9. The third-order valence-electron chi connectivity index (χ3n) is 4.14. The first-order valence-corrected chi connectivity index (χ1v) is 6.60. The summed E-state index contributed by atoms with van der Waals surface area (Å²) in [6.07, 6.45) is 3.25. The van der Waals surface area contributed by atoms with Crippen molar-refractivity contribution in [1.82, 2.24) is 15.5 Å². The Morgan fingerprint density at radius 1 is 1.39 bits per heavy atom. The van der Waals surface area contributed by atoms with Crippen molar-refractivity contribution in [2.75, 3.05) is 5.73 Å². The average Bonchev–Trinajstić information content (AvgIpc) is 2.65. The Kier molecular flexibility index (Phi) is 3.59. The Hall–Kier alpha value is -1.52. The van der Waals surface area contributed by atoms with E-state index >= 15 is 0 Å². The number of rotatable bonds is 2. The van der Waals surface area contributed by atoms with E-state index in [2.05, 4.69) is 29.4 Å². The van der Waals surface area contributed by atoms with Gasteiger partial charge in [0.25, 0.3) is 5.91 Å². The Morgan fingerprint density at radius 2 is 2.11 bits per heavy atom. The number of hydrogen-bond donors (Lipinski definition) is 3. The number of aromatic amines is 1. The number of nitrogens with one attached hydrogen (secondary N) is 2. The van der Waals surface area contributed by atoms with Gasteiger partial charge >= 0.3 is 0 Å². The van der Waals surface area contributed by atoms with Crippen molar-refractivity contribution in [1.29, 1.82) is 0 Å². The van der Waals surface area contributed by atoms with E-state index < -0.39 is 0 Å². The number of hydrogen-bond acceptors (Lipinski definition) is 3. The molecule has 1 saturated carbocycles. The van der Waals surface area contributed by atoms with Gasteiger partial charge in [0, 0.05) is 6.04 Å². The second kappa shape index (κ2) is 5.00. The number of aryl methyl sites for hydroxylation is 1. The van der Waals surface area contributed by atoms with E-state index in [1.54, 1.807) is 0 Å². The van der Waals surface area contributed by atoms with Crippen molar-refractivity contribution < 1.29 is 4.79 Å². The number of nitrogen functional groups attached to an aromatic ring is 1. The number of nitrogens with two attached hydrogens (primary N) is 1. The SMILES string of the molecule is Cc1[nH]nc(C(=O)NC2CCC(C)C(C)C2)c1N. The number of anilines is 1. The molecule has 2 rings (SSSR count). The molecule has 5 nitrogen and oxygen atoms in total. The summed E-state index contributed by atoms with van der Waals surface area (Å²) >= 11 is 0. The summed E-state index contributed by atoms with van der Waals surface area (Å²) in [6.45, 7) is 6.33. The molecule has 3 atom stereocenters. The maximum atomic E-state index is 12.1. The van der Waals surface area contributed by atoms with Crippen LogP contribution in [0, 0.1) is 18.8 Å². The van der Waals surface area contributed by atoms with E-state index in [4.69, 9.17) is 5.73 Å². The van der Waals surface area contributed by atoms with E-state index in [0.29, 0.717) is 17.3 Å². The number of H-pyrrole nitrogens is 1. The van der Waals surface area contributed by atoms with Crippen LogP contribution in [0.3, 0.4) is 0 Å². The van der Waals surface area contributed by atoms with Gasteiger partial charge in [0.05, 0.1) is 11.4 Å². The van der Waals surface area contributed by atoms with Crippen LogP contribution < -0.4 is 11.1 Å². The van der Waals surface area contributed by atoms with Crippen molar-refractivity contribution in [3.05, 3.63) is 11.4 Å². The highest BCUT2D eigenvalue weighted by molar-refractivity contribution is 5.97. The molecule has 1 aromatic rings. The molecule has 1 aliphatic rings. The van der Waals surface area contributed by atoms with Crippen LogP contribution in [0.2, 0.25) is 0 Å². The Labute approximate surface area is 108 Å². The monoisotopic (exact) mass is 250 g/mol. The van der Waals surface area contributed by atoms with E-state index in [1.807, 2.05) is 6.92 Å². The van der Waals surface area contributed by atoms with Crippen molar-refractivity contribution in [2.45, 2.75) is 46.1 Å². The van der Waals surface area contributed by atoms with Gasteiger partial charge in [0.2, 0.25) is 0 Å². The normalized spacial score (nSPS) is 28.1. The molecular formula is C13H22N4O. The summed E-state index contributed by atoms with van der Waals surface area (Å²) in [5.41, 5.74) is 7.31. The molecule has 0 bridgehead atoms. The zero-order chi connectivity index (χ0) is 13.3. The topological polar surface area (TPSA) is 83.8 Å². The summed E-state index contributed by atoms with van der Waals surface area (Å²) in [5, 5.41) is 9.73. The van der Waals surface area contributed by atoms with Crippen LogP contribution in [0.15, 0.2) is 0 Å². The molecule has 1 aliphatic carbocycles. The third kappa shape index (κ3) is 2.49. The Balaban J connectivity index is 1.98. The maximum Gasteiger partial charge on any atom is 0.274 e. The predicted molar refractivity (Wildman–Crippen MR) is 71.2 cm³/mol. The molecule has 0 aromatic carbocycles. The van der Waals surface area contributed by atoms with Crippen molar-refractivity contribution >= 4 is 11.6 Å². The molecule has 0 spiro atoms. The van der Waals surface area contributed by atoms with Crippen molar-refractivity contribution in [3.8, 4) is 0 Å². The van der Waals surface area contributed by atoms with Crippen LogP contribution in [0.1, 0.15) is 49.3 Å². The fourth-order valence-electron chi connectivity index (χ4n) is 2.54. The van der Waals surface area contributed by atoms with E-state index in [0.717, 1.165) is 24.5 Å². The van der Waals surface area contributed by atoms with Gasteiger partial charge in [-0.1, -0.05) is 13.8 Å². The largest absolute Gasteiger partial charge is 0.395 e.